The highest BCUT2D eigenvalue weighted by Crippen LogP contribution is 2.25. The van der Waals surface area contributed by atoms with Crippen molar-refractivity contribution in [3.05, 3.63) is 108 Å². The lowest BCUT2D eigenvalue weighted by molar-refractivity contribution is -0.143. The number of hydrogen-bond acceptors (Lipinski definition) is 3. The summed E-state index contributed by atoms with van der Waals surface area (Å²) in [6, 6.07) is 26.6. The summed E-state index contributed by atoms with van der Waals surface area (Å²) in [4.78, 5) is 43.1. The fourth-order valence-electron chi connectivity index (χ4n) is 5.03. The van der Waals surface area contributed by atoms with Crippen LogP contribution in [0.25, 0.3) is 10.9 Å². The minimum atomic E-state index is -1.05. The third kappa shape index (κ3) is 7.35. The molecule has 0 aliphatic rings. The lowest BCUT2D eigenvalue weighted by Crippen LogP contribution is -2.48. The fourth-order valence-corrected chi connectivity index (χ4v) is 5.03. The van der Waals surface area contributed by atoms with Crippen LogP contribution in [-0.2, 0) is 22.4 Å². The molecule has 4 rings (SSSR count). The number of benzene rings is 3. The normalized spacial score (nSPS) is 12.5. The first-order valence-electron chi connectivity index (χ1n) is 13.4. The van der Waals surface area contributed by atoms with E-state index < -0.39 is 23.8 Å². The standard InChI is InChI=1S/C32H35N3O4/c1-2-35(31(38)25(21-30(36)37)17-11-14-23-12-5-3-6-13-23)32(39)34-29(24-15-7-4-8-16-24)20-26-22-33-28-19-10-9-18-27(26)28/h3-10,12-13,15-16,18-19,22,25,29,33H,2,11,14,17,20-21H2,1H3,(H,34,39)(H,36,37). The predicted molar refractivity (Wildman–Crippen MR) is 152 cm³/mol. The molecule has 202 valence electrons. The summed E-state index contributed by atoms with van der Waals surface area (Å²) < 4.78 is 0. The zero-order chi connectivity index (χ0) is 27.6. The SMILES string of the molecule is CCN(C(=O)NC(Cc1c[nH]c2ccccc12)c1ccccc1)C(=O)C(CCCc1ccccc1)CC(=O)O. The average Bonchev–Trinajstić information content (AvgIpc) is 3.36. The number of hydrogen-bond donors (Lipinski definition) is 3. The molecule has 1 aromatic heterocycles. The number of carbonyl (C=O) groups excluding carboxylic acids is 2. The first kappa shape index (κ1) is 27.6. The Bertz CT molecular complexity index is 1380. The van der Waals surface area contributed by atoms with E-state index in [0.29, 0.717) is 19.3 Å². The molecule has 0 bridgehead atoms. The Hall–Kier alpha value is -4.39. The van der Waals surface area contributed by atoms with Crippen LogP contribution < -0.4 is 5.32 Å². The topological polar surface area (TPSA) is 103 Å². The number of H-pyrrole nitrogens is 1. The number of para-hydroxylation sites is 1. The van der Waals surface area contributed by atoms with E-state index in [1.165, 1.54) is 0 Å². The highest BCUT2D eigenvalue weighted by Gasteiger charge is 2.30. The van der Waals surface area contributed by atoms with Crippen LogP contribution in [0.15, 0.2) is 91.1 Å². The molecule has 7 heteroatoms. The van der Waals surface area contributed by atoms with E-state index in [1.807, 2.05) is 91.1 Å². The maximum Gasteiger partial charge on any atom is 0.324 e. The molecule has 3 aromatic carbocycles. The zero-order valence-corrected chi connectivity index (χ0v) is 22.2. The van der Waals surface area contributed by atoms with E-state index in [9.17, 15) is 19.5 Å². The smallest absolute Gasteiger partial charge is 0.324 e. The van der Waals surface area contributed by atoms with Gasteiger partial charge < -0.3 is 15.4 Å². The first-order valence-corrected chi connectivity index (χ1v) is 13.4. The Morgan fingerprint density at radius 3 is 2.28 bits per heavy atom. The molecule has 3 amide bonds. The number of rotatable bonds is 12. The molecular formula is C32H35N3O4. The molecule has 0 spiro atoms. The van der Waals surface area contributed by atoms with Crippen LogP contribution in [0.1, 0.15) is 48.9 Å². The summed E-state index contributed by atoms with van der Waals surface area (Å²) in [5.74, 6) is -2.28. The van der Waals surface area contributed by atoms with Crippen molar-refractivity contribution < 1.29 is 19.5 Å². The number of urea groups is 1. The Labute approximate surface area is 228 Å². The summed E-state index contributed by atoms with van der Waals surface area (Å²) in [5, 5.41) is 13.6. The highest BCUT2D eigenvalue weighted by atomic mass is 16.4. The lowest BCUT2D eigenvalue weighted by atomic mass is 9.95. The molecule has 39 heavy (non-hydrogen) atoms. The molecule has 0 fully saturated rings. The van der Waals surface area contributed by atoms with Crippen LogP contribution in [0.4, 0.5) is 4.79 Å². The summed E-state index contributed by atoms with van der Waals surface area (Å²) >= 11 is 0. The zero-order valence-electron chi connectivity index (χ0n) is 22.2. The van der Waals surface area contributed by atoms with Gasteiger partial charge in [0.15, 0.2) is 0 Å². The highest BCUT2D eigenvalue weighted by molar-refractivity contribution is 5.97. The maximum atomic E-state index is 13.5. The number of aliphatic carboxylic acids is 1. The molecule has 0 radical (unpaired) electrons. The van der Waals surface area contributed by atoms with Crippen LogP contribution in [0.2, 0.25) is 0 Å². The minimum absolute atomic E-state index is 0.147. The first-order chi connectivity index (χ1) is 19.0. The number of carbonyl (C=O) groups is 3. The Morgan fingerprint density at radius 1 is 0.923 bits per heavy atom. The molecule has 3 N–H and O–H groups in total. The summed E-state index contributed by atoms with van der Waals surface area (Å²) in [7, 11) is 0. The molecule has 0 aliphatic heterocycles. The number of aromatic nitrogens is 1. The van der Waals surface area contributed by atoms with Gasteiger partial charge in [-0.25, -0.2) is 4.79 Å². The van der Waals surface area contributed by atoms with Gasteiger partial charge in [0.2, 0.25) is 5.91 Å². The summed E-state index contributed by atoms with van der Waals surface area (Å²) in [6.07, 6.45) is 3.95. The van der Waals surface area contributed by atoms with Gasteiger partial charge in [0.25, 0.3) is 0 Å². The average molecular weight is 526 g/mol. The Kier molecular flexibility index (Phi) is 9.51. The molecule has 0 saturated heterocycles. The molecule has 0 saturated carbocycles. The van der Waals surface area contributed by atoms with Gasteiger partial charge in [-0.1, -0.05) is 78.9 Å². The third-order valence-electron chi connectivity index (χ3n) is 7.06. The quantitative estimate of drug-likeness (QED) is 0.207. The predicted octanol–water partition coefficient (Wildman–Crippen LogP) is 6.12. The van der Waals surface area contributed by atoms with Crippen molar-refractivity contribution in [2.75, 3.05) is 6.54 Å². The monoisotopic (exact) mass is 525 g/mol. The number of aryl methyl sites for hydroxylation is 1. The number of amides is 3. The van der Waals surface area contributed by atoms with E-state index in [4.69, 9.17) is 0 Å². The number of carboxylic acid groups (broad SMARTS) is 1. The van der Waals surface area contributed by atoms with Gasteiger partial charge in [-0.3, -0.25) is 14.5 Å². The van der Waals surface area contributed by atoms with Crippen LogP contribution in [0, 0.1) is 5.92 Å². The van der Waals surface area contributed by atoms with Gasteiger partial charge >= 0.3 is 12.0 Å². The van der Waals surface area contributed by atoms with E-state index in [1.54, 1.807) is 6.92 Å². The lowest BCUT2D eigenvalue weighted by Gasteiger charge is -2.27. The number of nitrogens with zero attached hydrogens (tertiary/aromatic N) is 1. The third-order valence-corrected chi connectivity index (χ3v) is 7.06. The van der Waals surface area contributed by atoms with Gasteiger partial charge in [0.1, 0.15) is 0 Å². The number of carboxylic acids is 1. The second-order valence-electron chi connectivity index (χ2n) is 9.73. The Balaban J connectivity index is 1.49. The van der Waals surface area contributed by atoms with Crippen molar-refractivity contribution >= 4 is 28.8 Å². The van der Waals surface area contributed by atoms with Crippen LogP contribution >= 0.6 is 0 Å². The van der Waals surface area contributed by atoms with Gasteiger partial charge in [0, 0.05) is 29.6 Å². The number of aromatic amines is 1. The van der Waals surface area contributed by atoms with E-state index in [-0.39, 0.29) is 19.0 Å². The largest absolute Gasteiger partial charge is 0.481 e. The summed E-state index contributed by atoms with van der Waals surface area (Å²) in [5.41, 5.74) is 4.12. The molecule has 2 unspecified atom stereocenters. The minimum Gasteiger partial charge on any atom is -0.481 e. The van der Waals surface area contributed by atoms with Crippen molar-refractivity contribution in [3.63, 3.8) is 0 Å². The number of fused-ring (bicyclic) bond motifs is 1. The molecular weight excluding hydrogens is 490 g/mol. The fraction of sp³-hybridized carbons (Fsp3) is 0.281. The van der Waals surface area contributed by atoms with Gasteiger partial charge in [-0.05, 0) is 55.4 Å². The van der Waals surface area contributed by atoms with Crippen LogP contribution in [0.3, 0.4) is 0 Å². The van der Waals surface area contributed by atoms with Crippen LogP contribution in [0.5, 0.6) is 0 Å². The number of imide groups is 1. The van der Waals surface area contributed by atoms with Crippen molar-refractivity contribution in [3.8, 4) is 0 Å². The molecule has 1 heterocycles. The second-order valence-corrected chi connectivity index (χ2v) is 9.73. The summed E-state index contributed by atoms with van der Waals surface area (Å²) in [6.45, 7) is 1.88. The van der Waals surface area contributed by atoms with Crippen molar-refractivity contribution in [2.45, 2.75) is 45.1 Å². The van der Waals surface area contributed by atoms with E-state index in [2.05, 4.69) is 10.3 Å². The van der Waals surface area contributed by atoms with Gasteiger partial charge in [-0.2, -0.15) is 0 Å². The van der Waals surface area contributed by atoms with Gasteiger partial charge in [-0.15, -0.1) is 0 Å². The molecule has 7 nitrogen and oxygen atoms in total. The van der Waals surface area contributed by atoms with Gasteiger partial charge in [0.05, 0.1) is 12.5 Å². The van der Waals surface area contributed by atoms with E-state index in [0.717, 1.165) is 38.9 Å². The van der Waals surface area contributed by atoms with Crippen molar-refractivity contribution in [1.82, 2.24) is 15.2 Å². The van der Waals surface area contributed by atoms with Crippen LogP contribution in [-0.4, -0.2) is 39.4 Å². The van der Waals surface area contributed by atoms with Crippen molar-refractivity contribution in [2.24, 2.45) is 5.92 Å². The molecule has 4 aromatic rings. The second kappa shape index (κ2) is 13.4. The molecule has 0 aliphatic carbocycles. The Morgan fingerprint density at radius 2 is 1.59 bits per heavy atom. The van der Waals surface area contributed by atoms with E-state index >= 15 is 0 Å². The number of nitrogens with one attached hydrogen (secondary N) is 2. The maximum absolute atomic E-state index is 13.5. The van der Waals surface area contributed by atoms with Crippen molar-refractivity contribution in [1.29, 1.82) is 0 Å². The molecule has 2 atom stereocenters.